The van der Waals surface area contributed by atoms with Crippen LogP contribution in [0.25, 0.3) is 0 Å². The van der Waals surface area contributed by atoms with Crippen LogP contribution in [0.5, 0.6) is 0 Å². The molecule has 0 aliphatic heterocycles. The van der Waals surface area contributed by atoms with Crippen LogP contribution < -0.4 is 10.6 Å². The number of anilines is 1. The third-order valence-electron chi connectivity index (χ3n) is 2.86. The lowest BCUT2D eigenvalue weighted by molar-refractivity contribution is 0.430. The van der Waals surface area contributed by atoms with Gasteiger partial charge in [0.25, 0.3) is 0 Å². The van der Waals surface area contributed by atoms with Crippen LogP contribution >= 0.6 is 7.14 Å². The molecule has 0 saturated carbocycles. The third kappa shape index (κ3) is 4.85. The van der Waals surface area contributed by atoms with E-state index in [0.717, 1.165) is 16.6 Å². The summed E-state index contributed by atoms with van der Waals surface area (Å²) in [6, 6.07) is 9.33. The van der Waals surface area contributed by atoms with Crippen LogP contribution in [0, 0.1) is 6.92 Å². The summed E-state index contributed by atoms with van der Waals surface area (Å²) in [5.74, 6) is 1.22. The van der Waals surface area contributed by atoms with Crippen molar-refractivity contribution in [1.29, 1.82) is 0 Å². The summed E-state index contributed by atoms with van der Waals surface area (Å²) in [5, 5.41) is 7.74. The van der Waals surface area contributed by atoms with Crippen LogP contribution in [0.2, 0.25) is 0 Å². The molecule has 1 heterocycles. The van der Waals surface area contributed by atoms with Gasteiger partial charge in [0.1, 0.15) is 13.0 Å². The fourth-order valence-electron chi connectivity index (χ4n) is 1.77. The van der Waals surface area contributed by atoms with Crippen LogP contribution in [0.15, 0.2) is 39.8 Å². The first kappa shape index (κ1) is 18.2. The maximum Gasteiger partial charge on any atom is 0.230 e. The summed E-state index contributed by atoms with van der Waals surface area (Å²) < 4.78 is 17.1. The van der Waals surface area contributed by atoms with Crippen molar-refractivity contribution in [3.63, 3.8) is 0 Å². The molecule has 0 fully saturated rings. The van der Waals surface area contributed by atoms with Gasteiger partial charge in [-0.05, 0) is 20.3 Å². The highest BCUT2D eigenvalue weighted by atomic mass is 31.2. The van der Waals surface area contributed by atoms with Crippen LogP contribution in [-0.2, 0) is 4.57 Å². The number of hydrogen-bond donors (Lipinski definition) is 1. The molecular formula is C16H24N3O2P. The van der Waals surface area contributed by atoms with Gasteiger partial charge in [0, 0.05) is 24.0 Å². The Hall–Kier alpha value is -1.87. The molecule has 0 radical (unpaired) electrons. The zero-order valence-electron chi connectivity index (χ0n) is 14.0. The largest absolute Gasteiger partial charge is 0.338 e. The fraction of sp³-hybridized carbons (Fsp3) is 0.375. The molecule has 120 valence electrons. The van der Waals surface area contributed by atoms with Gasteiger partial charge in [-0.25, -0.2) is 0 Å². The Morgan fingerprint density at radius 2 is 1.82 bits per heavy atom. The first-order valence-electron chi connectivity index (χ1n) is 7.23. The van der Waals surface area contributed by atoms with Crippen molar-refractivity contribution in [2.24, 2.45) is 4.99 Å². The predicted octanol–water partition coefficient (Wildman–Crippen LogP) is 3.75. The van der Waals surface area contributed by atoms with Crippen LogP contribution in [0.3, 0.4) is 0 Å². The van der Waals surface area contributed by atoms with Gasteiger partial charge in [-0.2, -0.15) is 0 Å². The lowest BCUT2D eigenvalue weighted by Crippen LogP contribution is -2.14. The van der Waals surface area contributed by atoms with E-state index in [-0.39, 0.29) is 0 Å². The zero-order valence-corrected chi connectivity index (χ0v) is 14.9. The summed E-state index contributed by atoms with van der Waals surface area (Å²) in [7, 11) is -0.530. The van der Waals surface area contributed by atoms with E-state index in [2.05, 4.69) is 15.5 Å². The number of aryl methyl sites for hydroxylation is 1. The number of nitrogens with one attached hydrogen (secondary N) is 1. The molecule has 5 nitrogen and oxygen atoms in total. The number of nitrogens with zero attached hydrogens (tertiary/aromatic N) is 2. The lowest BCUT2D eigenvalue weighted by atomic mass is 10.2. The molecule has 1 N–H and O–H groups in total. The third-order valence-corrected chi connectivity index (χ3v) is 4.40. The van der Waals surface area contributed by atoms with Crippen LogP contribution in [0.4, 0.5) is 5.88 Å². The Morgan fingerprint density at radius 3 is 2.23 bits per heavy atom. The van der Waals surface area contributed by atoms with E-state index in [9.17, 15) is 4.57 Å². The summed E-state index contributed by atoms with van der Waals surface area (Å²) >= 11 is 0. The molecule has 0 aliphatic rings. The van der Waals surface area contributed by atoms with Crippen molar-refractivity contribution in [2.75, 3.05) is 25.7 Å². The van der Waals surface area contributed by atoms with Crippen molar-refractivity contribution in [3.8, 4) is 0 Å². The minimum atomic E-state index is -2.23. The van der Waals surface area contributed by atoms with Gasteiger partial charge in [-0.1, -0.05) is 43.3 Å². The van der Waals surface area contributed by atoms with Gasteiger partial charge in [0.05, 0.1) is 5.69 Å². The highest BCUT2D eigenvalue weighted by molar-refractivity contribution is 7.70. The molecule has 0 aliphatic carbocycles. The first-order valence-corrected chi connectivity index (χ1v) is 9.83. The standard InChI is InChI=1S/C14H18N3O2P.C2H6/c1-10-9-13(19-17-10)16-14(15-2)11-5-7-12(8-6-11)20(3,4)18;1-2/h5-9H,1-4H3,(H,15,16);1-2H3. The Kier molecular flexibility index (Phi) is 6.57. The molecule has 0 unspecified atom stereocenters. The molecule has 0 saturated heterocycles. The van der Waals surface area contributed by atoms with Crippen molar-refractivity contribution in [2.45, 2.75) is 20.8 Å². The van der Waals surface area contributed by atoms with Gasteiger partial charge < -0.3 is 14.4 Å². The lowest BCUT2D eigenvalue weighted by Gasteiger charge is -2.10. The number of benzene rings is 1. The van der Waals surface area contributed by atoms with E-state index in [4.69, 9.17) is 4.52 Å². The Balaban J connectivity index is 0.00000116. The number of rotatable bonds is 3. The number of amidine groups is 1. The molecule has 0 amide bonds. The molecule has 1 aromatic heterocycles. The monoisotopic (exact) mass is 321 g/mol. The minimum Gasteiger partial charge on any atom is -0.338 e. The molecule has 1 aromatic carbocycles. The normalized spacial score (nSPS) is 11.6. The molecule has 22 heavy (non-hydrogen) atoms. The highest BCUT2D eigenvalue weighted by Crippen LogP contribution is 2.34. The van der Waals surface area contributed by atoms with E-state index < -0.39 is 7.14 Å². The molecule has 0 bridgehead atoms. The Bertz CT molecular complexity index is 669. The van der Waals surface area contributed by atoms with Crippen molar-refractivity contribution >= 4 is 24.2 Å². The summed E-state index contributed by atoms with van der Waals surface area (Å²) in [6.45, 7) is 9.37. The second-order valence-electron chi connectivity index (χ2n) is 4.93. The second kappa shape index (κ2) is 7.95. The van der Waals surface area contributed by atoms with Gasteiger partial charge >= 0.3 is 0 Å². The van der Waals surface area contributed by atoms with E-state index in [1.54, 1.807) is 26.4 Å². The molecule has 2 rings (SSSR count). The van der Waals surface area contributed by atoms with Crippen molar-refractivity contribution in [1.82, 2.24) is 5.16 Å². The fourth-order valence-corrected chi connectivity index (χ4v) is 2.64. The quantitative estimate of drug-likeness (QED) is 0.531. The number of hydrogen-bond acceptors (Lipinski definition) is 4. The van der Waals surface area contributed by atoms with Crippen LogP contribution in [0.1, 0.15) is 25.1 Å². The summed E-state index contributed by atoms with van der Waals surface area (Å²) in [6.07, 6.45) is 0. The maximum atomic E-state index is 12.0. The average Bonchev–Trinajstić information content (AvgIpc) is 2.91. The number of aliphatic imine (C=N–C) groups is 1. The van der Waals surface area contributed by atoms with E-state index in [1.807, 2.05) is 45.0 Å². The predicted molar refractivity (Wildman–Crippen MR) is 94.2 cm³/mol. The summed E-state index contributed by atoms with van der Waals surface area (Å²) in [5.41, 5.74) is 1.70. The van der Waals surface area contributed by atoms with E-state index >= 15 is 0 Å². The zero-order chi connectivity index (χ0) is 16.8. The van der Waals surface area contributed by atoms with Crippen LogP contribution in [-0.4, -0.2) is 31.4 Å². The molecular weight excluding hydrogens is 297 g/mol. The first-order chi connectivity index (χ1) is 10.4. The smallest absolute Gasteiger partial charge is 0.230 e. The maximum absolute atomic E-state index is 12.0. The Morgan fingerprint density at radius 1 is 1.23 bits per heavy atom. The van der Waals surface area contributed by atoms with Gasteiger partial charge in [0.2, 0.25) is 5.88 Å². The minimum absolute atomic E-state index is 0.545. The highest BCUT2D eigenvalue weighted by Gasteiger charge is 2.12. The Labute approximate surface area is 132 Å². The van der Waals surface area contributed by atoms with Gasteiger partial charge in [0.15, 0.2) is 0 Å². The SMILES string of the molecule is CC.CN=C(Nc1cc(C)no1)c1ccc(P(C)(C)=O)cc1. The van der Waals surface area contributed by atoms with E-state index in [0.29, 0.717) is 11.7 Å². The van der Waals surface area contributed by atoms with E-state index in [1.165, 1.54) is 0 Å². The molecule has 2 aromatic rings. The van der Waals surface area contributed by atoms with Crippen molar-refractivity contribution in [3.05, 3.63) is 41.6 Å². The summed E-state index contributed by atoms with van der Waals surface area (Å²) in [4.78, 5) is 4.20. The molecule has 6 heteroatoms. The average molecular weight is 321 g/mol. The van der Waals surface area contributed by atoms with Gasteiger partial charge in [-0.3, -0.25) is 4.99 Å². The van der Waals surface area contributed by atoms with Crippen molar-refractivity contribution < 1.29 is 9.09 Å². The second-order valence-corrected chi connectivity index (χ2v) is 8.15. The molecule has 0 atom stereocenters. The topological polar surface area (TPSA) is 67.5 Å². The van der Waals surface area contributed by atoms with Gasteiger partial charge in [-0.15, -0.1) is 0 Å². The molecule has 0 spiro atoms. The number of aromatic nitrogens is 1.